The molecule has 2 aromatic carbocycles. The molecule has 3 aromatic rings. The van der Waals surface area contributed by atoms with Crippen LogP contribution in [0.15, 0.2) is 30.6 Å². The summed E-state index contributed by atoms with van der Waals surface area (Å²) in [4.78, 5) is 55.7. The first kappa shape index (κ1) is 41.8. The Kier molecular flexibility index (Phi) is 12.4. The summed E-state index contributed by atoms with van der Waals surface area (Å²) in [6.07, 6.45) is 0.761. The normalized spacial score (nSPS) is 26.3. The van der Waals surface area contributed by atoms with Crippen molar-refractivity contribution in [1.82, 2.24) is 14.5 Å². The molecule has 0 spiro atoms. The van der Waals surface area contributed by atoms with Crippen LogP contribution in [0.5, 0.6) is 17.2 Å². The maximum atomic E-state index is 13.6. The van der Waals surface area contributed by atoms with Gasteiger partial charge in [0, 0.05) is 48.5 Å². The molecule has 1 aromatic heterocycles. The predicted octanol–water partition coefficient (Wildman–Crippen LogP) is 0.639. The van der Waals surface area contributed by atoms with Gasteiger partial charge in [0.15, 0.2) is 17.9 Å². The van der Waals surface area contributed by atoms with E-state index in [9.17, 15) is 55.1 Å². The Balaban J connectivity index is 0.000000255. The van der Waals surface area contributed by atoms with Crippen molar-refractivity contribution in [2.24, 2.45) is 5.73 Å². The van der Waals surface area contributed by atoms with Gasteiger partial charge < -0.3 is 65.6 Å². The van der Waals surface area contributed by atoms with Crippen molar-refractivity contribution in [3.63, 3.8) is 0 Å². The van der Waals surface area contributed by atoms with E-state index in [1.165, 1.54) is 48.7 Å². The average Bonchev–Trinajstić information content (AvgIpc) is 3.65. The highest BCUT2D eigenvalue weighted by Gasteiger charge is 2.50. The Morgan fingerprint density at radius 3 is 2.47 bits per heavy atom. The van der Waals surface area contributed by atoms with Gasteiger partial charge in [-0.25, -0.2) is 4.57 Å². The van der Waals surface area contributed by atoms with Gasteiger partial charge in [-0.15, -0.1) is 0 Å². The maximum absolute atomic E-state index is 13.6. The molecule has 57 heavy (non-hydrogen) atoms. The molecule has 0 radical (unpaired) electrons. The van der Waals surface area contributed by atoms with Crippen LogP contribution in [0.2, 0.25) is 0 Å². The number of piperidine rings is 1. The summed E-state index contributed by atoms with van der Waals surface area (Å²) in [6.45, 7) is 3.35. The third kappa shape index (κ3) is 8.14. The van der Waals surface area contributed by atoms with Crippen LogP contribution in [0.3, 0.4) is 0 Å². The van der Waals surface area contributed by atoms with Crippen LogP contribution in [-0.4, -0.2) is 137 Å². The van der Waals surface area contributed by atoms with E-state index in [0.717, 1.165) is 25.9 Å². The molecular weight excluding hydrogens is 750 g/mol. The van der Waals surface area contributed by atoms with Crippen molar-refractivity contribution >= 4 is 23.3 Å². The van der Waals surface area contributed by atoms with E-state index in [-0.39, 0.29) is 46.9 Å². The van der Waals surface area contributed by atoms with Gasteiger partial charge in [-0.1, -0.05) is 23.5 Å². The number of ether oxygens (including phenoxy) is 3. The number of aliphatic hydroxyl groups is 4. The van der Waals surface area contributed by atoms with Crippen LogP contribution in [0.4, 0.5) is 5.95 Å². The summed E-state index contributed by atoms with van der Waals surface area (Å²) in [5.74, 6) is -3.99. The first-order chi connectivity index (χ1) is 27.1. The minimum absolute atomic E-state index is 0.0173. The number of nitro groups is 1. The maximum Gasteiger partial charge on any atom is 0.434 e. The second-order valence-electron chi connectivity index (χ2n) is 14.8. The smallest absolute Gasteiger partial charge is 0.434 e. The Morgan fingerprint density at radius 1 is 1.12 bits per heavy atom. The number of likely N-dealkylation sites (tertiary alicyclic amines) is 1. The van der Waals surface area contributed by atoms with E-state index < -0.39 is 107 Å². The molecule has 19 heteroatoms. The summed E-state index contributed by atoms with van der Waals surface area (Å²) >= 11 is 0. The fraction of sp³-hybridized carbons (Fsp3) is 0.526. The van der Waals surface area contributed by atoms with Crippen molar-refractivity contribution in [3.05, 3.63) is 74.1 Å². The third-order valence-electron chi connectivity index (χ3n) is 11.0. The van der Waals surface area contributed by atoms with Crippen LogP contribution in [-0.2, 0) is 27.2 Å². The summed E-state index contributed by atoms with van der Waals surface area (Å²) < 4.78 is 18.4. The van der Waals surface area contributed by atoms with Gasteiger partial charge in [0.25, 0.3) is 0 Å². The van der Waals surface area contributed by atoms with Gasteiger partial charge in [-0.2, -0.15) is 0 Å². The highest BCUT2D eigenvalue weighted by Crippen LogP contribution is 2.52. The number of nitrogens with zero attached hydrogens (tertiary/aromatic N) is 4. The number of aromatic hydroxyl groups is 2. The lowest BCUT2D eigenvalue weighted by atomic mass is 9.72. The van der Waals surface area contributed by atoms with Gasteiger partial charge in [0.2, 0.25) is 5.78 Å². The molecule has 2 saturated heterocycles. The number of carbonyl (C=O) groups is 3. The van der Waals surface area contributed by atoms with Gasteiger partial charge in [-0.05, 0) is 43.8 Å². The standard InChI is InChI=1S/C27H29NO11.C11H18N4O3/c1-10-22(31)13(28)6-17(38-10)39-15-8-27(36,16(30)9-29)7-12-19(15)26(35)21-20(24(12)33)23(32)11-4-3-5-14(37-2)18(11)25(21)34;16-10(8-13-5-2-1-3-6-13)9-14-7-4-12-11(14)15(17)18/h3-5,10,13,15,17,22,29,31,33,35-36H,6-9,28H2,1-2H3;4,7,10,16H,1-3,5-6,8-9H2/t10-,13-,15-,17-,22+,27-;/m0./s1. The van der Waals surface area contributed by atoms with Crippen molar-refractivity contribution in [1.29, 1.82) is 0 Å². The number of methoxy groups -OCH3 is 1. The lowest BCUT2D eigenvalue weighted by Crippen LogP contribution is -2.53. The molecule has 0 bridgehead atoms. The second-order valence-corrected chi connectivity index (χ2v) is 14.8. The Labute approximate surface area is 326 Å². The molecule has 0 amide bonds. The number of aromatic nitrogens is 2. The molecule has 7 atom stereocenters. The summed E-state index contributed by atoms with van der Waals surface area (Å²) in [6, 6.07) is 3.64. The van der Waals surface area contributed by atoms with Crippen molar-refractivity contribution < 1.29 is 64.2 Å². The first-order valence-electron chi connectivity index (χ1n) is 18.6. The van der Waals surface area contributed by atoms with Crippen LogP contribution in [0.25, 0.3) is 0 Å². The molecule has 3 heterocycles. The van der Waals surface area contributed by atoms with Gasteiger partial charge >= 0.3 is 5.95 Å². The lowest BCUT2D eigenvalue weighted by molar-refractivity contribution is -0.397. The van der Waals surface area contributed by atoms with E-state index in [4.69, 9.17) is 19.9 Å². The Hall–Kier alpha value is -4.86. The molecule has 7 rings (SSSR count). The topological polar surface area (TPSA) is 290 Å². The molecule has 2 aliphatic carbocycles. The minimum atomic E-state index is -2.24. The minimum Gasteiger partial charge on any atom is -0.507 e. The lowest BCUT2D eigenvalue weighted by Gasteiger charge is -2.42. The third-order valence-corrected chi connectivity index (χ3v) is 11.0. The van der Waals surface area contributed by atoms with E-state index >= 15 is 0 Å². The first-order valence-corrected chi connectivity index (χ1v) is 18.6. The Bertz CT molecular complexity index is 2020. The molecule has 308 valence electrons. The number of imidazole rings is 1. The second kappa shape index (κ2) is 16.9. The van der Waals surface area contributed by atoms with Crippen molar-refractivity contribution in [2.45, 2.75) is 94.3 Å². The average molecular weight is 798 g/mol. The molecule has 2 fully saturated rings. The number of rotatable bonds is 10. The number of phenols is 2. The van der Waals surface area contributed by atoms with E-state index in [0.29, 0.717) is 6.54 Å². The molecule has 1 unspecified atom stereocenters. The number of carbonyl (C=O) groups excluding carboxylic acids is 3. The van der Waals surface area contributed by atoms with Crippen molar-refractivity contribution in [3.8, 4) is 17.2 Å². The summed E-state index contributed by atoms with van der Waals surface area (Å²) in [5, 5.41) is 74.3. The monoisotopic (exact) mass is 797 g/mol. The van der Waals surface area contributed by atoms with Crippen molar-refractivity contribution in [2.75, 3.05) is 33.4 Å². The highest BCUT2D eigenvalue weighted by molar-refractivity contribution is 6.31. The number of β-amino-alcohol motifs (C(OH)–C–C–N with tert-alkyl or cyclic N) is 1. The van der Waals surface area contributed by atoms with Crippen LogP contribution >= 0.6 is 0 Å². The number of aliphatic hydroxyl groups excluding tert-OH is 3. The number of fused-ring (bicyclic) bond motifs is 3. The number of nitrogens with two attached hydrogens (primary N) is 1. The summed E-state index contributed by atoms with van der Waals surface area (Å²) in [5.41, 5.74) is 2.37. The molecule has 8 N–H and O–H groups in total. The van der Waals surface area contributed by atoms with Gasteiger partial charge in [0.05, 0.1) is 54.8 Å². The quantitative estimate of drug-likeness (QED) is 0.0658. The van der Waals surface area contributed by atoms with Crippen LogP contribution in [0.1, 0.15) is 88.1 Å². The Morgan fingerprint density at radius 2 is 1.82 bits per heavy atom. The molecule has 0 saturated carbocycles. The largest absolute Gasteiger partial charge is 0.507 e. The van der Waals surface area contributed by atoms with Gasteiger partial charge in [0.1, 0.15) is 41.9 Å². The van der Waals surface area contributed by atoms with E-state index in [2.05, 4.69) is 9.88 Å². The predicted molar refractivity (Wildman–Crippen MR) is 197 cm³/mol. The van der Waals surface area contributed by atoms with Gasteiger partial charge in [-0.3, -0.25) is 14.4 Å². The van der Waals surface area contributed by atoms with E-state index in [1.54, 1.807) is 6.92 Å². The molecule has 4 aliphatic rings. The molecular formula is C38H47N5O14. The fourth-order valence-electron chi connectivity index (χ4n) is 8.09. The van der Waals surface area contributed by atoms with E-state index in [1.807, 2.05) is 0 Å². The molecule has 19 nitrogen and oxygen atoms in total. The van der Waals surface area contributed by atoms with Crippen LogP contribution in [0, 0.1) is 10.1 Å². The number of phenolic OH excluding ortho intramolecular Hbond substituents is 2. The summed E-state index contributed by atoms with van der Waals surface area (Å²) in [7, 11) is 1.32. The number of benzene rings is 2. The number of ketones is 3. The molecule has 2 aliphatic heterocycles. The number of Topliss-reactive ketones (excluding diaryl/α,β-unsaturated/α-hetero) is 1. The SMILES string of the molecule is COc1cccc2c1C(=O)c1c(O)c3c(c(O)c1C2=O)C[C@@](O)(C(=O)CO)C[C@@H]3O[C@H]1C[C@H](N)[C@H](O)[C@H](C)O1.O=[N+]([O-])c1nccn1CC(O)CN1CCCCC1. The fourth-order valence-corrected chi connectivity index (χ4v) is 8.09. The zero-order valence-electron chi connectivity index (χ0n) is 31.4. The highest BCUT2D eigenvalue weighted by atomic mass is 16.7. The zero-order chi connectivity index (χ0) is 41.3. The van der Waals surface area contributed by atoms with Crippen LogP contribution < -0.4 is 10.5 Å². The number of hydrogen-bond donors (Lipinski definition) is 7. The zero-order valence-corrected chi connectivity index (χ0v) is 31.4. The number of hydrogen-bond acceptors (Lipinski definition) is 17.